The van der Waals surface area contributed by atoms with Crippen LogP contribution in [-0.4, -0.2) is 24.2 Å². The van der Waals surface area contributed by atoms with E-state index in [1.807, 2.05) is 0 Å². The van der Waals surface area contributed by atoms with E-state index in [1.54, 1.807) is 51.3 Å². The summed E-state index contributed by atoms with van der Waals surface area (Å²) in [5.41, 5.74) is 2.27. The van der Waals surface area contributed by atoms with Crippen LogP contribution >= 0.6 is 0 Å². The van der Waals surface area contributed by atoms with Crippen LogP contribution in [0.2, 0.25) is 0 Å². The molecule has 176 valence electrons. The van der Waals surface area contributed by atoms with Crippen LogP contribution in [0, 0.1) is 17.2 Å². The first kappa shape index (κ1) is 26.1. The molecule has 1 unspecified atom stereocenters. The topological polar surface area (TPSA) is 78.6 Å². The molecule has 1 aromatic heterocycles. The van der Waals surface area contributed by atoms with Crippen LogP contribution in [0.3, 0.4) is 0 Å². The third-order valence-electron chi connectivity index (χ3n) is 5.10. The maximum absolute atomic E-state index is 13.9. The van der Waals surface area contributed by atoms with Crippen LogP contribution in [0.5, 0.6) is 0 Å². The number of ether oxygens (including phenoxy) is 1. The lowest BCUT2D eigenvalue weighted by atomic mass is 9.90. The number of aromatic nitrogens is 1. The number of carbonyl (C=O) groups excluding carboxylic acids is 1. The molecule has 1 amide bonds. The average Bonchev–Trinajstić information content (AvgIpc) is 2.85. The molecule has 0 spiro atoms. The quantitative estimate of drug-likeness (QED) is 0.194. The molecule has 2 heterocycles. The molecule has 8 heteroatoms. The van der Waals surface area contributed by atoms with Gasteiger partial charge in [-0.15, -0.1) is 0 Å². The highest BCUT2D eigenvalue weighted by atomic mass is 19.1. The molecule has 0 saturated heterocycles. The van der Waals surface area contributed by atoms with Crippen LogP contribution in [0.4, 0.5) is 14.5 Å². The summed E-state index contributed by atoms with van der Waals surface area (Å²) in [4.78, 5) is 23.3. The Morgan fingerprint density at radius 2 is 2.21 bits per heavy atom. The molecular formula is C26H26F2N4O2. The number of hydrogen-bond acceptors (Lipinski definition) is 5. The molecule has 0 bridgehead atoms. The molecule has 0 aliphatic carbocycles. The number of amides is 1. The first-order chi connectivity index (χ1) is 16.4. The highest BCUT2D eigenvalue weighted by molar-refractivity contribution is 6.10. The van der Waals surface area contributed by atoms with Crippen LogP contribution < -0.4 is 4.90 Å². The molecule has 1 aliphatic rings. The van der Waals surface area contributed by atoms with Crippen LogP contribution in [0.1, 0.15) is 27.2 Å². The van der Waals surface area contributed by atoms with E-state index in [0.29, 0.717) is 35.2 Å². The van der Waals surface area contributed by atoms with Crippen molar-refractivity contribution in [1.29, 1.82) is 5.26 Å². The summed E-state index contributed by atoms with van der Waals surface area (Å²) in [6.45, 7) is 8.56. The highest BCUT2D eigenvalue weighted by Gasteiger charge is 2.29. The lowest BCUT2D eigenvalue weighted by Gasteiger charge is -2.30. The lowest BCUT2D eigenvalue weighted by molar-refractivity contribution is -0.114. The third-order valence-corrected chi connectivity index (χ3v) is 5.10. The van der Waals surface area contributed by atoms with Crippen molar-refractivity contribution in [1.82, 2.24) is 4.98 Å². The third kappa shape index (κ3) is 6.23. The number of anilines is 1. The number of nitrogens with zero attached hydrogens (tertiary/aromatic N) is 4. The molecule has 2 rings (SSSR count). The Morgan fingerprint density at radius 1 is 1.44 bits per heavy atom. The van der Waals surface area contributed by atoms with Gasteiger partial charge in [-0.05, 0) is 56.7 Å². The van der Waals surface area contributed by atoms with Crippen molar-refractivity contribution in [2.45, 2.75) is 27.2 Å². The van der Waals surface area contributed by atoms with Gasteiger partial charge in [-0.3, -0.25) is 19.7 Å². The molecule has 0 fully saturated rings. The van der Waals surface area contributed by atoms with Crippen LogP contribution in [0.15, 0.2) is 100 Å². The van der Waals surface area contributed by atoms with Gasteiger partial charge in [0.25, 0.3) is 5.91 Å². The monoisotopic (exact) mass is 464 g/mol. The van der Waals surface area contributed by atoms with Crippen molar-refractivity contribution in [2.24, 2.45) is 10.9 Å². The summed E-state index contributed by atoms with van der Waals surface area (Å²) in [5.74, 6) is -0.497. The second-order valence-electron chi connectivity index (χ2n) is 7.39. The summed E-state index contributed by atoms with van der Waals surface area (Å²) < 4.78 is 31.1. The maximum Gasteiger partial charge on any atom is 0.262 e. The number of carbonyl (C=O) groups is 1. The second-order valence-corrected chi connectivity index (χ2v) is 7.39. The molecule has 1 aromatic rings. The molecule has 6 nitrogen and oxygen atoms in total. The van der Waals surface area contributed by atoms with Crippen molar-refractivity contribution >= 4 is 18.3 Å². The molecular weight excluding hydrogens is 438 g/mol. The summed E-state index contributed by atoms with van der Waals surface area (Å²) in [7, 11) is 0. The predicted molar refractivity (Wildman–Crippen MR) is 129 cm³/mol. The Balaban J connectivity index is 2.65. The molecule has 1 atom stereocenters. The van der Waals surface area contributed by atoms with Gasteiger partial charge in [0.1, 0.15) is 18.1 Å². The standard InChI is InChI=1S/C26H26F2N4O2/c1-5-22(23(19(3)15-29)13-18(2)8-10-27)26(33)32(20-7-6-12-31-16-20)21-14-24(30-4)25(9-11-28)34-17-21/h5-12,14,16,18H,4,13,17H2,1-3H3/b10-8+,11-9+,22-5-,23-19-. The van der Waals surface area contributed by atoms with Crippen molar-refractivity contribution in [3.8, 4) is 6.07 Å². The van der Waals surface area contributed by atoms with Crippen molar-refractivity contribution in [3.05, 3.63) is 95.4 Å². The van der Waals surface area contributed by atoms with Gasteiger partial charge in [0.05, 0.1) is 36.3 Å². The lowest BCUT2D eigenvalue weighted by Crippen LogP contribution is -2.35. The van der Waals surface area contributed by atoms with Gasteiger partial charge < -0.3 is 4.74 Å². The summed E-state index contributed by atoms with van der Waals surface area (Å²) in [5, 5.41) is 9.57. The molecule has 0 N–H and O–H groups in total. The van der Waals surface area contributed by atoms with Gasteiger partial charge >= 0.3 is 0 Å². The average molecular weight is 465 g/mol. The molecule has 0 radical (unpaired) electrons. The van der Waals surface area contributed by atoms with Crippen LogP contribution in [-0.2, 0) is 9.53 Å². The number of hydrogen-bond donors (Lipinski definition) is 0. The summed E-state index contributed by atoms with van der Waals surface area (Å²) in [6.07, 6.45) is 9.84. The Hall–Kier alpha value is -4.12. The Morgan fingerprint density at radius 3 is 2.76 bits per heavy atom. The van der Waals surface area contributed by atoms with Gasteiger partial charge in [0, 0.05) is 23.4 Å². The fraction of sp³-hybridized carbons (Fsp3) is 0.231. The van der Waals surface area contributed by atoms with E-state index in [4.69, 9.17) is 4.74 Å². The Kier molecular flexibility index (Phi) is 9.84. The number of allylic oxidation sites excluding steroid dienone is 5. The van der Waals surface area contributed by atoms with Gasteiger partial charge in [0.2, 0.25) is 0 Å². The second kappa shape index (κ2) is 12.8. The van der Waals surface area contributed by atoms with E-state index >= 15 is 0 Å². The minimum Gasteiger partial charge on any atom is -0.485 e. The van der Waals surface area contributed by atoms with Crippen molar-refractivity contribution in [2.75, 3.05) is 11.5 Å². The van der Waals surface area contributed by atoms with Crippen molar-refractivity contribution in [3.63, 3.8) is 0 Å². The van der Waals surface area contributed by atoms with Gasteiger partial charge in [-0.2, -0.15) is 5.26 Å². The zero-order valence-corrected chi connectivity index (χ0v) is 19.3. The molecule has 0 saturated carbocycles. The predicted octanol–water partition coefficient (Wildman–Crippen LogP) is 6.02. The zero-order chi connectivity index (χ0) is 25.1. The van der Waals surface area contributed by atoms with E-state index in [2.05, 4.69) is 22.8 Å². The molecule has 0 aromatic carbocycles. The largest absolute Gasteiger partial charge is 0.485 e. The SMILES string of the molecule is C=NC1=C(/C=C/F)OCC(N(C(=O)C(=C\C)/C(CC(C)/C=C/F)=C(/C)C#N)c2cccnc2)=C1. The first-order valence-electron chi connectivity index (χ1n) is 10.5. The molecule has 1 aliphatic heterocycles. The minimum absolute atomic E-state index is 0.0480. The van der Waals surface area contributed by atoms with Crippen LogP contribution in [0.25, 0.3) is 0 Å². The number of halogens is 2. The van der Waals surface area contributed by atoms with Crippen molar-refractivity contribution < 1.29 is 18.3 Å². The minimum atomic E-state index is -0.431. The van der Waals surface area contributed by atoms with Gasteiger partial charge in [-0.1, -0.05) is 19.1 Å². The van der Waals surface area contributed by atoms with Gasteiger partial charge in [0.15, 0.2) is 0 Å². The smallest absolute Gasteiger partial charge is 0.262 e. The van der Waals surface area contributed by atoms with E-state index in [-0.39, 0.29) is 36.0 Å². The normalized spacial score (nSPS) is 16.0. The number of pyridine rings is 1. The Bertz CT molecular complexity index is 1140. The zero-order valence-electron chi connectivity index (χ0n) is 19.3. The Labute approximate surface area is 198 Å². The number of aliphatic imine (C=N–C) groups is 1. The van der Waals surface area contributed by atoms with E-state index in [1.165, 1.54) is 17.2 Å². The first-order valence-corrected chi connectivity index (χ1v) is 10.5. The molecule has 34 heavy (non-hydrogen) atoms. The summed E-state index contributed by atoms with van der Waals surface area (Å²) in [6, 6.07) is 5.49. The van der Waals surface area contributed by atoms with E-state index in [9.17, 15) is 18.8 Å². The number of rotatable bonds is 9. The summed E-state index contributed by atoms with van der Waals surface area (Å²) >= 11 is 0. The van der Waals surface area contributed by atoms with Gasteiger partial charge in [-0.25, -0.2) is 8.78 Å². The van der Waals surface area contributed by atoms with E-state index in [0.717, 1.165) is 6.08 Å². The number of nitriles is 1. The maximum atomic E-state index is 13.9. The fourth-order valence-electron chi connectivity index (χ4n) is 3.43. The highest BCUT2D eigenvalue weighted by Crippen LogP contribution is 2.31. The fourth-order valence-corrected chi connectivity index (χ4v) is 3.43. The van der Waals surface area contributed by atoms with E-state index < -0.39 is 5.91 Å².